The van der Waals surface area contributed by atoms with Crippen molar-refractivity contribution in [1.29, 1.82) is 0 Å². The number of aryl methyl sites for hydroxylation is 1. The third-order valence-corrected chi connectivity index (χ3v) is 3.51. The highest BCUT2D eigenvalue weighted by molar-refractivity contribution is 5.85. The van der Waals surface area contributed by atoms with E-state index in [0.717, 1.165) is 40.9 Å². The summed E-state index contributed by atoms with van der Waals surface area (Å²) in [6.07, 6.45) is 3.86. The molecule has 1 heterocycles. The van der Waals surface area contributed by atoms with Crippen LogP contribution < -0.4 is 5.32 Å². The lowest BCUT2D eigenvalue weighted by atomic mass is 9.98. The van der Waals surface area contributed by atoms with Crippen LogP contribution in [0.4, 0.5) is 10.1 Å². The molecule has 3 rings (SSSR count). The van der Waals surface area contributed by atoms with Crippen molar-refractivity contribution in [1.82, 2.24) is 0 Å². The van der Waals surface area contributed by atoms with Crippen LogP contribution in [0.3, 0.4) is 0 Å². The van der Waals surface area contributed by atoms with Gasteiger partial charge in [0.25, 0.3) is 0 Å². The first-order valence-electron chi connectivity index (χ1n) is 6.73. The molecule has 1 aliphatic heterocycles. The van der Waals surface area contributed by atoms with Crippen LogP contribution in [0.1, 0.15) is 17.5 Å². The number of benzene rings is 2. The summed E-state index contributed by atoms with van der Waals surface area (Å²) in [5.74, 6) is -0.189. The largest absolute Gasteiger partial charge is 0.358 e. The van der Waals surface area contributed by atoms with Crippen molar-refractivity contribution in [2.75, 3.05) is 5.32 Å². The molecule has 0 atom stereocenters. The Balaban J connectivity index is 1.70. The van der Waals surface area contributed by atoms with E-state index in [0.29, 0.717) is 0 Å². The topological polar surface area (TPSA) is 12.0 Å². The van der Waals surface area contributed by atoms with E-state index in [-0.39, 0.29) is 5.82 Å². The minimum atomic E-state index is -0.189. The van der Waals surface area contributed by atoms with Crippen LogP contribution in [0.2, 0.25) is 0 Å². The Morgan fingerprint density at radius 1 is 0.950 bits per heavy atom. The quantitative estimate of drug-likeness (QED) is 0.842. The first-order chi connectivity index (χ1) is 9.72. The molecule has 2 aromatic carbocycles. The number of halogens is 1. The molecule has 0 saturated carbocycles. The van der Waals surface area contributed by atoms with E-state index in [1.54, 1.807) is 0 Å². The van der Waals surface area contributed by atoms with Crippen molar-refractivity contribution >= 4 is 11.3 Å². The van der Waals surface area contributed by atoms with Gasteiger partial charge in [0.15, 0.2) is 0 Å². The van der Waals surface area contributed by atoms with Crippen molar-refractivity contribution in [3.8, 4) is 0 Å². The summed E-state index contributed by atoms with van der Waals surface area (Å²) >= 11 is 0. The Morgan fingerprint density at radius 3 is 2.50 bits per heavy atom. The lowest BCUT2D eigenvalue weighted by Crippen LogP contribution is -2.08. The molecule has 1 aliphatic rings. The Hall–Kier alpha value is -2.35. The number of fused-ring (bicyclic) bond motifs is 1. The summed E-state index contributed by atoms with van der Waals surface area (Å²) in [7, 11) is 0. The zero-order chi connectivity index (χ0) is 13.9. The van der Waals surface area contributed by atoms with Crippen LogP contribution in [0.5, 0.6) is 0 Å². The second kappa shape index (κ2) is 5.33. The maximum Gasteiger partial charge on any atom is 0.123 e. The zero-order valence-corrected chi connectivity index (χ0v) is 11.2. The highest BCUT2D eigenvalue weighted by Gasteiger charge is 2.12. The Morgan fingerprint density at radius 2 is 1.70 bits per heavy atom. The minimum absolute atomic E-state index is 0.189. The molecule has 2 heteroatoms. The normalized spacial score (nSPS) is 13.4. The molecule has 1 nitrogen and oxygen atoms in total. The van der Waals surface area contributed by atoms with Gasteiger partial charge in [0.1, 0.15) is 5.82 Å². The second-order valence-electron chi connectivity index (χ2n) is 4.99. The SMILES string of the molecule is C=C1C=C(CCc2ccc(F)cc2)Nc2ccccc21. The fraction of sp³-hybridized carbons (Fsp3) is 0.111. The molecule has 0 amide bonds. The average Bonchev–Trinajstić information content (AvgIpc) is 2.47. The van der Waals surface area contributed by atoms with Crippen LogP contribution in [0, 0.1) is 5.82 Å². The van der Waals surface area contributed by atoms with Crippen molar-refractivity contribution in [2.45, 2.75) is 12.8 Å². The monoisotopic (exact) mass is 265 g/mol. The van der Waals surface area contributed by atoms with Crippen LogP contribution in [-0.2, 0) is 6.42 Å². The fourth-order valence-corrected chi connectivity index (χ4v) is 2.43. The van der Waals surface area contributed by atoms with Gasteiger partial charge in [0.05, 0.1) is 0 Å². The van der Waals surface area contributed by atoms with Crippen LogP contribution in [-0.4, -0.2) is 0 Å². The first kappa shape index (κ1) is 12.7. The number of nitrogens with one attached hydrogen (secondary N) is 1. The molecule has 0 saturated heterocycles. The van der Waals surface area contributed by atoms with Crippen LogP contribution in [0.25, 0.3) is 5.57 Å². The smallest absolute Gasteiger partial charge is 0.123 e. The maximum atomic E-state index is 12.9. The lowest BCUT2D eigenvalue weighted by molar-refractivity contribution is 0.627. The van der Waals surface area contributed by atoms with Gasteiger partial charge < -0.3 is 5.32 Å². The number of para-hydroxylation sites is 1. The maximum absolute atomic E-state index is 12.9. The molecule has 20 heavy (non-hydrogen) atoms. The molecule has 0 unspecified atom stereocenters. The Bertz CT molecular complexity index is 668. The predicted octanol–water partition coefficient (Wildman–Crippen LogP) is 4.78. The first-order valence-corrected chi connectivity index (χ1v) is 6.73. The fourth-order valence-electron chi connectivity index (χ4n) is 2.43. The molecule has 2 aromatic rings. The van der Waals surface area contributed by atoms with Gasteiger partial charge in [0, 0.05) is 16.9 Å². The molecule has 0 radical (unpaired) electrons. The molecular weight excluding hydrogens is 249 g/mol. The molecular formula is C18H16FN. The third kappa shape index (κ3) is 2.64. The summed E-state index contributed by atoms with van der Waals surface area (Å²) in [6, 6.07) is 14.8. The van der Waals surface area contributed by atoms with E-state index in [9.17, 15) is 4.39 Å². The van der Waals surface area contributed by atoms with Crippen molar-refractivity contribution in [3.63, 3.8) is 0 Å². The van der Waals surface area contributed by atoms with Gasteiger partial charge >= 0.3 is 0 Å². The zero-order valence-electron chi connectivity index (χ0n) is 11.2. The van der Waals surface area contributed by atoms with Crippen LogP contribution >= 0.6 is 0 Å². The van der Waals surface area contributed by atoms with Gasteiger partial charge in [0.2, 0.25) is 0 Å². The molecule has 0 aromatic heterocycles. The van der Waals surface area contributed by atoms with Gasteiger partial charge in [-0.2, -0.15) is 0 Å². The van der Waals surface area contributed by atoms with Gasteiger partial charge in [-0.15, -0.1) is 0 Å². The summed E-state index contributed by atoms with van der Waals surface area (Å²) in [5, 5.41) is 3.44. The Labute approximate surface area is 118 Å². The van der Waals surface area contributed by atoms with Gasteiger partial charge in [-0.1, -0.05) is 36.9 Å². The lowest BCUT2D eigenvalue weighted by Gasteiger charge is -2.20. The van der Waals surface area contributed by atoms with E-state index < -0.39 is 0 Å². The summed E-state index contributed by atoms with van der Waals surface area (Å²) < 4.78 is 12.9. The number of anilines is 1. The third-order valence-electron chi connectivity index (χ3n) is 3.51. The van der Waals surface area contributed by atoms with Gasteiger partial charge in [-0.3, -0.25) is 0 Å². The minimum Gasteiger partial charge on any atom is -0.358 e. The summed E-state index contributed by atoms with van der Waals surface area (Å²) in [4.78, 5) is 0. The summed E-state index contributed by atoms with van der Waals surface area (Å²) in [5.41, 5.74) is 5.58. The van der Waals surface area contributed by atoms with Gasteiger partial charge in [-0.25, -0.2) is 4.39 Å². The van der Waals surface area contributed by atoms with Crippen molar-refractivity contribution < 1.29 is 4.39 Å². The standard InChI is InChI=1S/C18H16FN/c1-13-12-16(20-18-5-3-2-4-17(13)18)11-8-14-6-9-15(19)10-7-14/h2-7,9-10,12,20H,1,8,11H2. The number of hydrogen-bond acceptors (Lipinski definition) is 1. The molecule has 0 bridgehead atoms. The molecule has 100 valence electrons. The second-order valence-corrected chi connectivity index (χ2v) is 4.99. The average molecular weight is 265 g/mol. The molecule has 1 N–H and O–H groups in total. The number of rotatable bonds is 3. The highest BCUT2D eigenvalue weighted by Crippen LogP contribution is 2.31. The highest BCUT2D eigenvalue weighted by atomic mass is 19.1. The molecule has 0 aliphatic carbocycles. The van der Waals surface area contributed by atoms with Crippen LogP contribution in [0.15, 0.2) is 66.9 Å². The number of allylic oxidation sites excluding steroid dienone is 3. The Kier molecular flexibility index (Phi) is 3.38. The molecule has 0 fully saturated rings. The van der Waals surface area contributed by atoms with E-state index in [4.69, 9.17) is 0 Å². The van der Waals surface area contributed by atoms with E-state index in [1.807, 2.05) is 24.3 Å². The van der Waals surface area contributed by atoms with E-state index >= 15 is 0 Å². The van der Waals surface area contributed by atoms with Gasteiger partial charge in [-0.05, 0) is 48.3 Å². The predicted molar refractivity (Wildman–Crippen MR) is 81.9 cm³/mol. The van der Waals surface area contributed by atoms with Crippen molar-refractivity contribution in [3.05, 3.63) is 83.8 Å². The molecule has 0 spiro atoms. The van der Waals surface area contributed by atoms with Crippen molar-refractivity contribution in [2.24, 2.45) is 0 Å². The summed E-state index contributed by atoms with van der Waals surface area (Å²) in [6.45, 7) is 4.11. The van der Waals surface area contributed by atoms with E-state index in [1.165, 1.54) is 12.1 Å². The number of hydrogen-bond donors (Lipinski definition) is 1. The van der Waals surface area contributed by atoms with E-state index in [2.05, 4.69) is 30.1 Å².